The predicted molar refractivity (Wildman–Crippen MR) is 30.8 cm³/mol. The fourth-order valence-corrected chi connectivity index (χ4v) is 0.566. The van der Waals surface area contributed by atoms with Gasteiger partial charge < -0.3 is 9.52 Å². The van der Waals surface area contributed by atoms with Crippen LogP contribution in [0.2, 0.25) is 5.02 Å². The van der Waals surface area contributed by atoms with E-state index in [1.165, 1.54) is 0 Å². The van der Waals surface area contributed by atoms with E-state index >= 15 is 0 Å². The molecule has 3 nitrogen and oxygen atoms in total. The SMILES string of the molecule is O=Cc1occ(Cl)c1O. The first-order valence-corrected chi connectivity index (χ1v) is 2.54. The lowest BCUT2D eigenvalue weighted by atomic mass is 10.4. The molecule has 0 saturated heterocycles. The van der Waals surface area contributed by atoms with Gasteiger partial charge in [-0.05, 0) is 0 Å². The Morgan fingerprint density at radius 2 is 2.44 bits per heavy atom. The van der Waals surface area contributed by atoms with E-state index in [1.54, 1.807) is 0 Å². The quantitative estimate of drug-likeness (QED) is 0.610. The Kier molecular flexibility index (Phi) is 1.44. The van der Waals surface area contributed by atoms with Gasteiger partial charge in [-0.25, -0.2) is 0 Å². The molecule has 9 heavy (non-hydrogen) atoms. The van der Waals surface area contributed by atoms with Gasteiger partial charge in [-0.1, -0.05) is 11.6 Å². The number of furan rings is 1. The lowest BCUT2D eigenvalue weighted by Gasteiger charge is -1.81. The number of hydrogen-bond donors (Lipinski definition) is 1. The normalized spacial score (nSPS) is 9.44. The first-order chi connectivity index (χ1) is 4.25. The number of hydrogen-bond acceptors (Lipinski definition) is 3. The highest BCUT2D eigenvalue weighted by Gasteiger charge is 2.07. The summed E-state index contributed by atoms with van der Waals surface area (Å²) in [6.07, 6.45) is 1.49. The summed E-state index contributed by atoms with van der Waals surface area (Å²) >= 11 is 5.31. The van der Waals surface area contributed by atoms with Crippen LogP contribution in [-0.4, -0.2) is 11.4 Å². The van der Waals surface area contributed by atoms with E-state index in [1.807, 2.05) is 0 Å². The Hall–Kier alpha value is -0.960. The summed E-state index contributed by atoms with van der Waals surface area (Å²) in [5.74, 6) is -0.438. The number of carbonyl (C=O) groups is 1. The number of aldehydes is 1. The van der Waals surface area contributed by atoms with Crippen molar-refractivity contribution in [3.8, 4) is 5.75 Å². The minimum atomic E-state index is -0.299. The highest BCUT2D eigenvalue weighted by molar-refractivity contribution is 6.32. The van der Waals surface area contributed by atoms with E-state index < -0.39 is 0 Å². The maximum absolute atomic E-state index is 9.93. The fraction of sp³-hybridized carbons (Fsp3) is 0. The average Bonchev–Trinajstić information content (AvgIpc) is 2.15. The predicted octanol–water partition coefficient (Wildman–Crippen LogP) is 1.45. The van der Waals surface area contributed by atoms with Gasteiger partial charge in [-0.15, -0.1) is 0 Å². The van der Waals surface area contributed by atoms with Crippen molar-refractivity contribution in [3.05, 3.63) is 17.0 Å². The van der Waals surface area contributed by atoms with Gasteiger partial charge in [0.2, 0.25) is 5.76 Å². The zero-order valence-electron chi connectivity index (χ0n) is 4.30. The molecule has 0 aliphatic rings. The van der Waals surface area contributed by atoms with Gasteiger partial charge in [0.1, 0.15) is 11.3 Å². The standard InChI is InChI=1S/C5H3ClO3/c6-3-2-9-4(1-7)5(3)8/h1-2,8H. The van der Waals surface area contributed by atoms with Gasteiger partial charge >= 0.3 is 0 Å². The molecule has 1 rings (SSSR count). The Balaban J connectivity index is 3.18. The summed E-state index contributed by atoms with van der Waals surface area (Å²) in [5.41, 5.74) is 0. The molecule has 0 aliphatic carbocycles. The Morgan fingerprint density at radius 3 is 2.67 bits per heavy atom. The molecule has 1 N–H and O–H groups in total. The summed E-state index contributed by atoms with van der Waals surface area (Å²) < 4.78 is 4.49. The molecule has 0 saturated carbocycles. The third-order valence-electron chi connectivity index (χ3n) is 0.856. The second-order valence-corrected chi connectivity index (χ2v) is 1.82. The minimum Gasteiger partial charge on any atom is -0.503 e. The van der Waals surface area contributed by atoms with Gasteiger partial charge in [-0.3, -0.25) is 4.79 Å². The van der Waals surface area contributed by atoms with Crippen LogP contribution in [0.4, 0.5) is 0 Å². The van der Waals surface area contributed by atoms with E-state index in [2.05, 4.69) is 4.42 Å². The number of halogens is 1. The largest absolute Gasteiger partial charge is 0.503 e. The lowest BCUT2D eigenvalue weighted by Crippen LogP contribution is -1.70. The van der Waals surface area contributed by atoms with Crippen LogP contribution >= 0.6 is 11.6 Å². The highest BCUT2D eigenvalue weighted by atomic mass is 35.5. The Labute approximate surface area is 55.8 Å². The van der Waals surface area contributed by atoms with Crippen molar-refractivity contribution >= 4 is 17.9 Å². The van der Waals surface area contributed by atoms with Crippen LogP contribution in [0.1, 0.15) is 10.6 Å². The van der Waals surface area contributed by atoms with Crippen molar-refractivity contribution in [1.82, 2.24) is 0 Å². The average molecular weight is 147 g/mol. The second kappa shape index (κ2) is 2.11. The van der Waals surface area contributed by atoms with Gasteiger partial charge in [0, 0.05) is 0 Å². The molecule has 1 aromatic heterocycles. The number of carbonyl (C=O) groups excluding carboxylic acids is 1. The van der Waals surface area contributed by atoms with E-state index in [0.717, 1.165) is 6.26 Å². The molecule has 1 heterocycles. The van der Waals surface area contributed by atoms with Crippen LogP contribution < -0.4 is 0 Å². The summed E-state index contributed by atoms with van der Waals surface area (Å²) in [4.78, 5) is 9.93. The van der Waals surface area contributed by atoms with Crippen molar-refractivity contribution in [2.45, 2.75) is 0 Å². The molecule has 0 amide bonds. The fourth-order valence-electron chi connectivity index (χ4n) is 0.428. The molecule has 0 bridgehead atoms. The first kappa shape index (κ1) is 6.16. The molecule has 4 heteroatoms. The van der Waals surface area contributed by atoms with Crippen molar-refractivity contribution < 1.29 is 14.3 Å². The van der Waals surface area contributed by atoms with Crippen LogP contribution in [0.3, 0.4) is 0 Å². The topological polar surface area (TPSA) is 50.4 Å². The molecule has 0 spiro atoms. The van der Waals surface area contributed by atoms with Crippen molar-refractivity contribution in [3.63, 3.8) is 0 Å². The minimum absolute atomic E-state index is 0.0529. The molecule has 0 aromatic carbocycles. The Morgan fingerprint density at radius 1 is 1.78 bits per heavy atom. The Bertz CT molecular complexity index is 228. The molecule has 0 unspecified atom stereocenters. The molecular formula is C5H3ClO3. The van der Waals surface area contributed by atoms with Gasteiger partial charge in [0.25, 0.3) is 0 Å². The summed E-state index contributed by atoms with van der Waals surface area (Å²) in [6.45, 7) is 0. The van der Waals surface area contributed by atoms with E-state index in [4.69, 9.17) is 16.7 Å². The third-order valence-corrected chi connectivity index (χ3v) is 1.12. The molecule has 48 valence electrons. The van der Waals surface area contributed by atoms with Gasteiger partial charge in [-0.2, -0.15) is 0 Å². The van der Waals surface area contributed by atoms with E-state index in [0.29, 0.717) is 6.29 Å². The maximum atomic E-state index is 9.93. The summed E-state index contributed by atoms with van der Waals surface area (Å²) in [5, 5.41) is 8.83. The second-order valence-electron chi connectivity index (χ2n) is 1.41. The number of rotatable bonds is 1. The van der Waals surface area contributed by atoms with Crippen LogP contribution in [-0.2, 0) is 0 Å². The molecule has 1 aromatic rings. The van der Waals surface area contributed by atoms with Crippen LogP contribution in [0.25, 0.3) is 0 Å². The molecule has 0 radical (unpaired) electrons. The van der Waals surface area contributed by atoms with Crippen LogP contribution in [0, 0.1) is 0 Å². The molecular weight excluding hydrogens is 144 g/mol. The molecule has 0 atom stereocenters. The van der Waals surface area contributed by atoms with Crippen molar-refractivity contribution in [2.24, 2.45) is 0 Å². The van der Waals surface area contributed by atoms with Crippen LogP contribution in [0.5, 0.6) is 5.75 Å². The van der Waals surface area contributed by atoms with Crippen LogP contribution in [0.15, 0.2) is 10.7 Å². The molecule has 0 fully saturated rings. The summed E-state index contributed by atoms with van der Waals surface area (Å²) in [6, 6.07) is 0. The monoisotopic (exact) mass is 146 g/mol. The van der Waals surface area contributed by atoms with Crippen molar-refractivity contribution in [1.29, 1.82) is 0 Å². The number of aromatic hydroxyl groups is 1. The van der Waals surface area contributed by atoms with E-state index in [9.17, 15) is 4.79 Å². The third kappa shape index (κ3) is 0.907. The van der Waals surface area contributed by atoms with E-state index in [-0.39, 0.29) is 16.5 Å². The van der Waals surface area contributed by atoms with Gasteiger partial charge in [0.05, 0.1) is 0 Å². The highest BCUT2D eigenvalue weighted by Crippen LogP contribution is 2.27. The lowest BCUT2D eigenvalue weighted by molar-refractivity contribution is 0.109. The van der Waals surface area contributed by atoms with Gasteiger partial charge in [0.15, 0.2) is 12.0 Å². The summed E-state index contributed by atoms with van der Waals surface area (Å²) in [7, 11) is 0. The first-order valence-electron chi connectivity index (χ1n) is 2.17. The maximum Gasteiger partial charge on any atom is 0.209 e. The molecule has 0 aliphatic heterocycles. The zero-order chi connectivity index (χ0) is 6.85. The van der Waals surface area contributed by atoms with Crippen molar-refractivity contribution in [2.75, 3.05) is 0 Å². The smallest absolute Gasteiger partial charge is 0.209 e. The zero-order valence-corrected chi connectivity index (χ0v) is 5.05.